The van der Waals surface area contributed by atoms with Crippen LogP contribution in [0.25, 0.3) is 11.6 Å². The molecular formula is C16H23N5O4. The van der Waals surface area contributed by atoms with Crippen LogP contribution in [0.2, 0.25) is 0 Å². The average molecular weight is 349 g/mol. The van der Waals surface area contributed by atoms with Crippen LogP contribution in [0.1, 0.15) is 56.8 Å². The first-order valence-corrected chi connectivity index (χ1v) is 8.17. The maximum Gasteiger partial charge on any atom is 0.356 e. The summed E-state index contributed by atoms with van der Waals surface area (Å²) >= 11 is 0. The number of aromatic nitrogens is 4. The standard InChI is InChI=1S/C16H23N5O4/c1-5-6-7-17-13(22)9-12-18-14(25-21-12)10-8-11(20-19-10)15(23)24-16(2,3)4/h8H,5-7,9H2,1-4H3,(H,17,22)(H,19,20). The number of hydrogen-bond donors (Lipinski definition) is 2. The minimum Gasteiger partial charge on any atom is -0.455 e. The minimum atomic E-state index is -0.606. The summed E-state index contributed by atoms with van der Waals surface area (Å²) in [6, 6.07) is 1.46. The third kappa shape index (κ3) is 5.70. The van der Waals surface area contributed by atoms with Crippen molar-refractivity contribution in [2.45, 2.75) is 52.6 Å². The molecule has 2 aromatic heterocycles. The lowest BCUT2D eigenvalue weighted by Crippen LogP contribution is -2.26. The maximum atomic E-state index is 12.0. The van der Waals surface area contributed by atoms with E-state index < -0.39 is 11.6 Å². The highest BCUT2D eigenvalue weighted by atomic mass is 16.6. The lowest BCUT2D eigenvalue weighted by molar-refractivity contribution is -0.120. The van der Waals surface area contributed by atoms with Crippen molar-refractivity contribution in [2.75, 3.05) is 6.54 Å². The van der Waals surface area contributed by atoms with E-state index in [9.17, 15) is 9.59 Å². The molecule has 0 radical (unpaired) electrons. The van der Waals surface area contributed by atoms with Gasteiger partial charge >= 0.3 is 5.97 Å². The summed E-state index contributed by atoms with van der Waals surface area (Å²) in [7, 11) is 0. The molecule has 2 rings (SSSR count). The zero-order valence-electron chi connectivity index (χ0n) is 14.9. The Hall–Kier alpha value is -2.71. The molecule has 0 aliphatic heterocycles. The second-order valence-electron chi connectivity index (χ2n) is 6.56. The summed E-state index contributed by atoms with van der Waals surface area (Å²) < 4.78 is 10.3. The van der Waals surface area contributed by atoms with Crippen LogP contribution in [0, 0.1) is 0 Å². The zero-order valence-corrected chi connectivity index (χ0v) is 14.9. The predicted octanol–water partition coefficient (Wildman–Crippen LogP) is 1.87. The molecule has 2 N–H and O–H groups in total. The molecule has 0 saturated heterocycles. The molecule has 0 aliphatic carbocycles. The summed E-state index contributed by atoms with van der Waals surface area (Å²) in [4.78, 5) is 27.8. The lowest BCUT2D eigenvalue weighted by atomic mass is 10.2. The number of aromatic amines is 1. The van der Waals surface area contributed by atoms with E-state index in [1.54, 1.807) is 20.8 Å². The van der Waals surface area contributed by atoms with Crippen molar-refractivity contribution in [1.29, 1.82) is 0 Å². The Morgan fingerprint density at radius 3 is 2.80 bits per heavy atom. The SMILES string of the molecule is CCCCNC(=O)Cc1noc(-c2cc(C(=O)OC(C)(C)C)[nH]n2)n1. The van der Waals surface area contributed by atoms with E-state index >= 15 is 0 Å². The number of rotatable bonds is 7. The van der Waals surface area contributed by atoms with Crippen LogP contribution in [0.5, 0.6) is 0 Å². The van der Waals surface area contributed by atoms with Gasteiger partial charge in [-0.2, -0.15) is 10.1 Å². The molecule has 25 heavy (non-hydrogen) atoms. The highest BCUT2D eigenvalue weighted by molar-refractivity contribution is 5.88. The van der Waals surface area contributed by atoms with Crippen molar-refractivity contribution in [1.82, 2.24) is 25.7 Å². The van der Waals surface area contributed by atoms with Gasteiger partial charge in [-0.3, -0.25) is 9.89 Å². The molecule has 0 unspecified atom stereocenters. The molecule has 0 aromatic carbocycles. The highest BCUT2D eigenvalue weighted by Crippen LogP contribution is 2.17. The van der Waals surface area contributed by atoms with E-state index in [-0.39, 0.29) is 29.7 Å². The molecule has 0 fully saturated rings. The number of nitrogens with one attached hydrogen (secondary N) is 2. The van der Waals surface area contributed by atoms with Gasteiger partial charge in [-0.25, -0.2) is 4.79 Å². The van der Waals surface area contributed by atoms with E-state index in [0.717, 1.165) is 12.8 Å². The minimum absolute atomic E-state index is 0.0244. The number of hydrogen-bond acceptors (Lipinski definition) is 7. The van der Waals surface area contributed by atoms with Crippen LogP contribution in [-0.2, 0) is 16.0 Å². The fourth-order valence-corrected chi connectivity index (χ4v) is 1.91. The van der Waals surface area contributed by atoms with Gasteiger partial charge < -0.3 is 14.6 Å². The number of carbonyl (C=O) groups is 2. The second-order valence-corrected chi connectivity index (χ2v) is 6.56. The molecule has 2 heterocycles. The molecule has 9 nitrogen and oxygen atoms in total. The zero-order chi connectivity index (χ0) is 18.4. The van der Waals surface area contributed by atoms with Crippen LogP contribution >= 0.6 is 0 Å². The molecular weight excluding hydrogens is 326 g/mol. The summed E-state index contributed by atoms with van der Waals surface area (Å²) in [6.45, 7) is 8.00. The number of H-pyrrole nitrogens is 1. The van der Waals surface area contributed by atoms with Crippen molar-refractivity contribution in [2.24, 2.45) is 0 Å². The van der Waals surface area contributed by atoms with E-state index in [2.05, 4.69) is 25.7 Å². The Labute approximate surface area is 145 Å². The van der Waals surface area contributed by atoms with Crippen LogP contribution in [0.4, 0.5) is 0 Å². The van der Waals surface area contributed by atoms with Crippen molar-refractivity contribution in [3.63, 3.8) is 0 Å². The van der Waals surface area contributed by atoms with Crippen LogP contribution in [0.15, 0.2) is 10.6 Å². The largest absolute Gasteiger partial charge is 0.455 e. The average Bonchev–Trinajstić information content (AvgIpc) is 3.14. The molecule has 2 aromatic rings. The van der Waals surface area contributed by atoms with Gasteiger partial charge in [-0.05, 0) is 27.2 Å². The summed E-state index contributed by atoms with van der Waals surface area (Å²) in [5, 5.41) is 13.1. The van der Waals surface area contributed by atoms with Gasteiger partial charge in [0.05, 0.1) is 6.42 Å². The van der Waals surface area contributed by atoms with Gasteiger partial charge in [0.15, 0.2) is 11.5 Å². The number of ether oxygens (including phenoxy) is 1. The maximum absolute atomic E-state index is 12.0. The first-order chi connectivity index (χ1) is 11.8. The molecule has 1 amide bonds. The first-order valence-electron chi connectivity index (χ1n) is 8.17. The molecule has 0 bridgehead atoms. The lowest BCUT2D eigenvalue weighted by Gasteiger charge is -2.18. The Kier molecular flexibility index (Phi) is 5.89. The Morgan fingerprint density at radius 2 is 2.12 bits per heavy atom. The molecule has 0 saturated carbocycles. The van der Waals surface area contributed by atoms with E-state index in [4.69, 9.17) is 9.26 Å². The fraction of sp³-hybridized carbons (Fsp3) is 0.562. The first kappa shape index (κ1) is 18.6. The number of carbonyl (C=O) groups excluding carboxylic acids is 2. The summed E-state index contributed by atoms with van der Waals surface area (Å²) in [6.07, 6.45) is 1.95. The number of nitrogens with zero attached hydrogens (tertiary/aromatic N) is 3. The Bertz CT molecular complexity index is 729. The topological polar surface area (TPSA) is 123 Å². The van der Waals surface area contributed by atoms with E-state index in [1.165, 1.54) is 6.07 Å². The molecule has 0 aliphatic rings. The van der Waals surface area contributed by atoms with Crippen molar-refractivity contribution in [3.8, 4) is 11.6 Å². The van der Waals surface area contributed by atoms with Crippen LogP contribution < -0.4 is 5.32 Å². The van der Waals surface area contributed by atoms with E-state index in [0.29, 0.717) is 12.2 Å². The smallest absolute Gasteiger partial charge is 0.356 e. The normalized spacial score (nSPS) is 11.4. The number of esters is 1. The Morgan fingerprint density at radius 1 is 1.36 bits per heavy atom. The molecule has 9 heteroatoms. The van der Waals surface area contributed by atoms with Gasteiger partial charge in [0.25, 0.3) is 5.89 Å². The molecule has 0 atom stereocenters. The van der Waals surface area contributed by atoms with Gasteiger partial charge in [-0.15, -0.1) is 0 Å². The third-order valence-corrected chi connectivity index (χ3v) is 3.06. The van der Waals surface area contributed by atoms with Gasteiger partial charge in [0, 0.05) is 12.6 Å². The van der Waals surface area contributed by atoms with Gasteiger partial charge in [-0.1, -0.05) is 18.5 Å². The van der Waals surface area contributed by atoms with Crippen molar-refractivity contribution in [3.05, 3.63) is 17.6 Å². The van der Waals surface area contributed by atoms with E-state index in [1.807, 2.05) is 6.92 Å². The quantitative estimate of drug-likeness (QED) is 0.578. The number of amides is 1. The highest BCUT2D eigenvalue weighted by Gasteiger charge is 2.21. The summed E-state index contributed by atoms with van der Waals surface area (Å²) in [5.74, 6) is -0.313. The van der Waals surface area contributed by atoms with Crippen LogP contribution in [-0.4, -0.2) is 44.4 Å². The van der Waals surface area contributed by atoms with Crippen molar-refractivity contribution < 1.29 is 18.8 Å². The Balaban J connectivity index is 1.98. The van der Waals surface area contributed by atoms with Crippen molar-refractivity contribution >= 4 is 11.9 Å². The van der Waals surface area contributed by atoms with Gasteiger partial charge in [0.1, 0.15) is 11.3 Å². The third-order valence-electron chi connectivity index (χ3n) is 3.06. The fourth-order valence-electron chi connectivity index (χ4n) is 1.91. The predicted molar refractivity (Wildman–Crippen MR) is 88.7 cm³/mol. The monoisotopic (exact) mass is 349 g/mol. The summed E-state index contributed by atoms with van der Waals surface area (Å²) in [5.41, 5.74) is -0.112. The molecule has 136 valence electrons. The molecule has 0 spiro atoms. The second kappa shape index (κ2) is 7.91. The van der Waals surface area contributed by atoms with Gasteiger partial charge in [0.2, 0.25) is 5.91 Å². The van der Waals surface area contributed by atoms with Crippen LogP contribution in [0.3, 0.4) is 0 Å². The number of unbranched alkanes of at least 4 members (excludes halogenated alkanes) is 1.